The van der Waals surface area contributed by atoms with Crippen LogP contribution in [-0.4, -0.2) is 12.5 Å². The Morgan fingerprint density at radius 3 is 2.12 bits per heavy atom. The molecule has 0 saturated carbocycles. The molecule has 0 aliphatic rings. The molecule has 0 fully saturated rings. The number of amides is 1. The lowest BCUT2D eigenvalue weighted by Crippen LogP contribution is -2.51. The van der Waals surface area contributed by atoms with Gasteiger partial charge in [-0.1, -0.05) is 68.4 Å². The zero-order chi connectivity index (χ0) is 17.1. The van der Waals surface area contributed by atoms with Gasteiger partial charge in [0.25, 0.3) is 0 Å². The molecule has 2 aromatic carbocycles. The van der Waals surface area contributed by atoms with Crippen LogP contribution in [0.15, 0.2) is 54.6 Å². The number of benzene rings is 2. The van der Waals surface area contributed by atoms with E-state index in [1.807, 2.05) is 42.5 Å². The molecule has 0 spiro atoms. The first-order valence-electron chi connectivity index (χ1n) is 7.94. The first kappa shape index (κ1) is 20.2. The van der Waals surface area contributed by atoms with Gasteiger partial charge in [-0.3, -0.25) is 4.79 Å². The third-order valence-electron chi connectivity index (χ3n) is 4.41. The summed E-state index contributed by atoms with van der Waals surface area (Å²) in [6, 6.07) is 17.7. The largest absolute Gasteiger partial charge is 0.353 e. The van der Waals surface area contributed by atoms with Crippen molar-refractivity contribution in [1.29, 1.82) is 0 Å². The lowest BCUT2D eigenvalue weighted by atomic mass is 9.81. The lowest BCUT2D eigenvalue weighted by Gasteiger charge is -2.30. The van der Waals surface area contributed by atoms with Gasteiger partial charge in [-0.05, 0) is 30.5 Å². The van der Waals surface area contributed by atoms with Crippen molar-refractivity contribution in [3.63, 3.8) is 0 Å². The van der Waals surface area contributed by atoms with Crippen molar-refractivity contribution >= 4 is 18.3 Å². The first-order valence-corrected chi connectivity index (χ1v) is 7.94. The normalized spacial score (nSPS) is 13.5. The van der Waals surface area contributed by atoms with Crippen LogP contribution in [-0.2, 0) is 15.7 Å². The molecule has 2 rings (SSSR count). The quantitative estimate of drug-likeness (QED) is 0.867. The number of carbonyl (C=O) groups excluding carboxylic acids is 1. The fourth-order valence-electron chi connectivity index (χ4n) is 2.83. The Morgan fingerprint density at radius 2 is 1.54 bits per heavy atom. The molecule has 1 atom stereocenters. The number of hydrogen-bond acceptors (Lipinski definition) is 2. The summed E-state index contributed by atoms with van der Waals surface area (Å²) < 4.78 is 0. The van der Waals surface area contributed by atoms with E-state index in [4.69, 9.17) is 5.73 Å². The molecular weight excluding hydrogens is 320 g/mol. The van der Waals surface area contributed by atoms with Gasteiger partial charge in [-0.25, -0.2) is 0 Å². The van der Waals surface area contributed by atoms with Crippen molar-refractivity contribution in [1.82, 2.24) is 5.32 Å². The maximum absolute atomic E-state index is 12.6. The monoisotopic (exact) mass is 346 g/mol. The van der Waals surface area contributed by atoms with Crippen LogP contribution in [0.3, 0.4) is 0 Å². The van der Waals surface area contributed by atoms with E-state index >= 15 is 0 Å². The molecule has 24 heavy (non-hydrogen) atoms. The van der Waals surface area contributed by atoms with Crippen LogP contribution >= 0.6 is 12.4 Å². The first-order chi connectivity index (χ1) is 10.7. The number of aryl methyl sites for hydroxylation is 1. The van der Waals surface area contributed by atoms with Gasteiger partial charge in [0.05, 0.1) is 0 Å². The average Bonchev–Trinajstić information content (AvgIpc) is 2.53. The summed E-state index contributed by atoms with van der Waals surface area (Å²) in [6.45, 7) is 8.64. The van der Waals surface area contributed by atoms with E-state index < -0.39 is 5.54 Å². The van der Waals surface area contributed by atoms with E-state index in [2.05, 4.69) is 38.2 Å². The third kappa shape index (κ3) is 4.37. The molecule has 1 unspecified atom stereocenters. The van der Waals surface area contributed by atoms with Crippen molar-refractivity contribution in [2.45, 2.75) is 38.6 Å². The summed E-state index contributed by atoms with van der Waals surface area (Å²) >= 11 is 0. The minimum atomic E-state index is -1.04. The van der Waals surface area contributed by atoms with Crippen LogP contribution in [0, 0.1) is 6.92 Å². The second-order valence-electron chi connectivity index (χ2n) is 6.95. The molecular formula is C20H27ClN2O. The number of hydrogen-bond donors (Lipinski definition) is 2. The van der Waals surface area contributed by atoms with Crippen LogP contribution in [0.5, 0.6) is 0 Å². The molecule has 0 aliphatic carbocycles. The fraction of sp³-hybridized carbons (Fsp3) is 0.350. The summed E-state index contributed by atoms with van der Waals surface area (Å²) in [7, 11) is 0. The molecule has 3 nitrogen and oxygen atoms in total. The smallest absolute Gasteiger partial charge is 0.244 e. The molecule has 0 bridgehead atoms. The summed E-state index contributed by atoms with van der Waals surface area (Å²) in [5.74, 6) is -0.162. The van der Waals surface area contributed by atoms with Gasteiger partial charge in [-0.15, -0.1) is 12.4 Å². The van der Waals surface area contributed by atoms with Gasteiger partial charge in [0.1, 0.15) is 5.54 Å². The maximum atomic E-state index is 12.6. The molecule has 0 aliphatic heterocycles. The minimum Gasteiger partial charge on any atom is -0.353 e. The summed E-state index contributed by atoms with van der Waals surface area (Å²) in [6.07, 6.45) is 0. The van der Waals surface area contributed by atoms with Gasteiger partial charge < -0.3 is 11.1 Å². The van der Waals surface area contributed by atoms with Crippen molar-refractivity contribution in [3.8, 4) is 0 Å². The van der Waals surface area contributed by atoms with E-state index in [1.54, 1.807) is 6.92 Å². The van der Waals surface area contributed by atoms with Crippen molar-refractivity contribution in [2.24, 2.45) is 5.73 Å². The Bertz CT molecular complexity index is 681. The minimum absolute atomic E-state index is 0. The molecule has 0 radical (unpaired) electrons. The van der Waals surface area contributed by atoms with Gasteiger partial charge in [0, 0.05) is 12.0 Å². The Morgan fingerprint density at radius 1 is 1.00 bits per heavy atom. The van der Waals surface area contributed by atoms with Gasteiger partial charge in [0.2, 0.25) is 5.91 Å². The predicted molar refractivity (Wildman–Crippen MR) is 102 cm³/mol. The highest BCUT2D eigenvalue weighted by Crippen LogP contribution is 2.26. The van der Waals surface area contributed by atoms with E-state index in [1.165, 1.54) is 11.1 Å². The number of nitrogens with one attached hydrogen (secondary N) is 1. The number of halogens is 1. The van der Waals surface area contributed by atoms with E-state index in [0.29, 0.717) is 6.54 Å². The highest BCUT2D eigenvalue weighted by Gasteiger charge is 2.32. The average molecular weight is 347 g/mol. The van der Waals surface area contributed by atoms with Crippen LogP contribution in [0.1, 0.15) is 37.5 Å². The molecule has 1 amide bonds. The van der Waals surface area contributed by atoms with E-state index in [9.17, 15) is 4.79 Å². The molecule has 0 heterocycles. The molecule has 2 aromatic rings. The Balaban J connectivity index is 0.00000288. The Hall–Kier alpha value is -1.84. The Kier molecular flexibility index (Phi) is 6.58. The summed E-state index contributed by atoms with van der Waals surface area (Å²) in [5.41, 5.74) is 8.34. The fourth-order valence-corrected chi connectivity index (χ4v) is 2.83. The topological polar surface area (TPSA) is 55.1 Å². The lowest BCUT2D eigenvalue weighted by molar-refractivity contribution is -0.126. The van der Waals surface area contributed by atoms with Crippen LogP contribution < -0.4 is 11.1 Å². The highest BCUT2D eigenvalue weighted by atomic mass is 35.5. The van der Waals surface area contributed by atoms with Crippen molar-refractivity contribution in [3.05, 3.63) is 71.3 Å². The van der Waals surface area contributed by atoms with E-state index in [-0.39, 0.29) is 23.7 Å². The molecule has 0 saturated heterocycles. The summed E-state index contributed by atoms with van der Waals surface area (Å²) in [4.78, 5) is 12.6. The number of nitrogens with two attached hydrogens (primary N) is 1. The standard InChI is InChI=1S/C20H26N2O.ClH/c1-15-10-8-9-13-17(15)19(2,3)14-22-18(23)20(4,21)16-11-6-5-7-12-16;/h5-13H,14,21H2,1-4H3,(H,22,23);1H. The molecule has 4 heteroatoms. The van der Waals surface area contributed by atoms with Gasteiger partial charge in [0.15, 0.2) is 0 Å². The molecule has 0 aromatic heterocycles. The SMILES string of the molecule is Cc1ccccc1C(C)(C)CNC(=O)C(C)(N)c1ccccc1.Cl. The van der Waals surface area contributed by atoms with Crippen molar-refractivity contribution < 1.29 is 4.79 Å². The zero-order valence-corrected chi connectivity index (χ0v) is 15.6. The predicted octanol–water partition coefficient (Wildman–Crippen LogP) is 3.68. The van der Waals surface area contributed by atoms with Crippen LogP contribution in [0.2, 0.25) is 0 Å². The van der Waals surface area contributed by atoms with Gasteiger partial charge >= 0.3 is 0 Å². The van der Waals surface area contributed by atoms with Gasteiger partial charge in [-0.2, -0.15) is 0 Å². The number of carbonyl (C=O) groups is 1. The summed E-state index contributed by atoms with van der Waals surface area (Å²) in [5, 5.41) is 3.02. The second-order valence-corrected chi connectivity index (χ2v) is 6.95. The van der Waals surface area contributed by atoms with Crippen LogP contribution in [0.25, 0.3) is 0 Å². The highest BCUT2D eigenvalue weighted by molar-refractivity contribution is 5.87. The number of rotatable bonds is 5. The molecule has 3 N–H and O–H groups in total. The zero-order valence-electron chi connectivity index (χ0n) is 14.8. The van der Waals surface area contributed by atoms with E-state index in [0.717, 1.165) is 5.56 Å². The van der Waals surface area contributed by atoms with Crippen LogP contribution in [0.4, 0.5) is 0 Å². The molecule has 130 valence electrons. The maximum Gasteiger partial charge on any atom is 0.244 e. The second kappa shape index (κ2) is 7.82. The third-order valence-corrected chi connectivity index (χ3v) is 4.41. The van der Waals surface area contributed by atoms with Crippen molar-refractivity contribution in [2.75, 3.05) is 6.54 Å². The Labute approximate surface area is 151 Å².